The van der Waals surface area contributed by atoms with E-state index >= 15 is 0 Å². The number of benzene rings is 1. The summed E-state index contributed by atoms with van der Waals surface area (Å²) in [4.78, 5) is 8.02. The number of aryl methyl sites for hydroxylation is 1. The molecule has 0 saturated carbocycles. The van der Waals surface area contributed by atoms with E-state index in [1.807, 2.05) is 13.1 Å². The smallest absolute Gasteiger partial charge is 0.123 e. The van der Waals surface area contributed by atoms with Crippen LogP contribution in [0.1, 0.15) is 40.8 Å². The van der Waals surface area contributed by atoms with Gasteiger partial charge < -0.3 is 5.11 Å². The second-order valence-corrected chi connectivity index (χ2v) is 7.23. The Morgan fingerprint density at radius 2 is 2.18 bits per heavy atom. The van der Waals surface area contributed by atoms with Crippen molar-refractivity contribution in [3.05, 3.63) is 51.7 Å². The van der Waals surface area contributed by atoms with Gasteiger partial charge in [-0.3, -0.25) is 4.90 Å². The normalized spacial score (nSPS) is 20.4. The van der Waals surface area contributed by atoms with Crippen molar-refractivity contribution in [1.29, 1.82) is 0 Å². The molecule has 0 spiro atoms. The highest BCUT2D eigenvalue weighted by Crippen LogP contribution is 2.29. The third kappa shape index (κ3) is 3.72. The zero-order valence-electron chi connectivity index (χ0n) is 12.7. The fourth-order valence-electron chi connectivity index (χ4n) is 3.13. The Bertz CT molecular complexity index is 613. The first-order valence-electron chi connectivity index (χ1n) is 7.70. The van der Waals surface area contributed by atoms with Gasteiger partial charge >= 0.3 is 0 Å². The second kappa shape index (κ2) is 6.86. The van der Waals surface area contributed by atoms with Gasteiger partial charge in [0.05, 0.1) is 11.1 Å². The molecule has 1 aromatic heterocycles. The van der Waals surface area contributed by atoms with E-state index < -0.39 is 6.10 Å². The topological polar surface area (TPSA) is 36.4 Å². The van der Waals surface area contributed by atoms with E-state index in [0.717, 1.165) is 30.1 Å². The average Bonchev–Trinajstić information content (AvgIpc) is 3.10. The van der Waals surface area contributed by atoms with Crippen LogP contribution in [-0.4, -0.2) is 27.6 Å². The lowest BCUT2D eigenvalue weighted by Crippen LogP contribution is -2.30. The Labute approximate surface area is 134 Å². The molecule has 3 nitrogen and oxygen atoms in total. The number of likely N-dealkylation sites (tertiary alicyclic amines) is 1. The summed E-state index contributed by atoms with van der Waals surface area (Å²) in [5.74, 6) is -0.265. The molecule has 1 N–H and O–H groups in total. The van der Waals surface area contributed by atoms with Crippen LogP contribution in [0.4, 0.5) is 4.39 Å². The quantitative estimate of drug-likeness (QED) is 0.913. The van der Waals surface area contributed by atoms with Crippen LogP contribution in [0.25, 0.3) is 0 Å². The van der Waals surface area contributed by atoms with Crippen LogP contribution in [0, 0.1) is 12.7 Å². The van der Waals surface area contributed by atoms with E-state index in [-0.39, 0.29) is 5.82 Å². The van der Waals surface area contributed by atoms with Crippen LogP contribution in [0.5, 0.6) is 0 Å². The maximum absolute atomic E-state index is 13.0. The maximum atomic E-state index is 13.0. The van der Waals surface area contributed by atoms with Crippen molar-refractivity contribution >= 4 is 11.3 Å². The molecule has 1 aromatic carbocycles. The van der Waals surface area contributed by atoms with Crippen LogP contribution in [0.2, 0.25) is 0 Å². The van der Waals surface area contributed by atoms with Crippen LogP contribution >= 0.6 is 11.3 Å². The number of hydrogen-bond donors (Lipinski definition) is 1. The number of nitrogens with zero attached hydrogens (tertiary/aromatic N) is 2. The predicted octanol–water partition coefficient (Wildman–Crippen LogP) is 3.68. The Morgan fingerprint density at radius 1 is 1.41 bits per heavy atom. The molecular formula is C17H21FN2OS. The highest BCUT2D eigenvalue weighted by atomic mass is 32.1. The van der Waals surface area contributed by atoms with Gasteiger partial charge in [0.1, 0.15) is 5.82 Å². The van der Waals surface area contributed by atoms with Crippen LogP contribution in [-0.2, 0) is 6.54 Å². The van der Waals surface area contributed by atoms with Crippen molar-refractivity contribution < 1.29 is 9.50 Å². The van der Waals surface area contributed by atoms with Crippen molar-refractivity contribution in [2.45, 2.75) is 44.9 Å². The first-order valence-corrected chi connectivity index (χ1v) is 8.52. The molecule has 2 heterocycles. The molecule has 0 bridgehead atoms. The summed E-state index contributed by atoms with van der Waals surface area (Å²) in [5.41, 5.74) is 0.793. The highest BCUT2D eigenvalue weighted by Gasteiger charge is 2.27. The summed E-state index contributed by atoms with van der Waals surface area (Å²) in [7, 11) is 0. The zero-order valence-corrected chi connectivity index (χ0v) is 13.5. The van der Waals surface area contributed by atoms with E-state index in [2.05, 4.69) is 9.88 Å². The summed E-state index contributed by atoms with van der Waals surface area (Å²) in [6.07, 6.45) is 4.39. The summed E-state index contributed by atoms with van der Waals surface area (Å²) in [5, 5.41) is 11.5. The van der Waals surface area contributed by atoms with E-state index in [1.54, 1.807) is 23.5 Å². The average molecular weight is 320 g/mol. The maximum Gasteiger partial charge on any atom is 0.123 e. The Morgan fingerprint density at radius 3 is 2.86 bits per heavy atom. The van der Waals surface area contributed by atoms with Gasteiger partial charge in [0.25, 0.3) is 0 Å². The van der Waals surface area contributed by atoms with Gasteiger partial charge in [-0.2, -0.15) is 0 Å². The Balaban J connectivity index is 1.61. The first-order chi connectivity index (χ1) is 10.6. The number of aliphatic hydroxyl groups is 1. The Hall–Kier alpha value is -1.30. The van der Waals surface area contributed by atoms with E-state index in [0.29, 0.717) is 12.5 Å². The van der Waals surface area contributed by atoms with E-state index in [4.69, 9.17) is 0 Å². The van der Waals surface area contributed by atoms with Crippen LogP contribution < -0.4 is 0 Å². The predicted molar refractivity (Wildman–Crippen MR) is 86.3 cm³/mol. The minimum Gasteiger partial charge on any atom is -0.388 e. The summed E-state index contributed by atoms with van der Waals surface area (Å²) in [6, 6.07) is 6.54. The van der Waals surface area contributed by atoms with Gasteiger partial charge in [0.15, 0.2) is 0 Å². The molecule has 5 heteroatoms. The lowest BCUT2D eigenvalue weighted by Gasteiger charge is -2.26. The summed E-state index contributed by atoms with van der Waals surface area (Å²) in [6.45, 7) is 4.00. The largest absolute Gasteiger partial charge is 0.388 e. The van der Waals surface area contributed by atoms with Gasteiger partial charge in [0, 0.05) is 23.7 Å². The zero-order chi connectivity index (χ0) is 15.5. The van der Waals surface area contributed by atoms with E-state index in [9.17, 15) is 9.50 Å². The summed E-state index contributed by atoms with van der Waals surface area (Å²) >= 11 is 1.74. The molecule has 2 unspecified atom stereocenters. The molecule has 0 radical (unpaired) electrons. The molecule has 118 valence electrons. The van der Waals surface area contributed by atoms with Crippen molar-refractivity contribution in [3.63, 3.8) is 0 Å². The number of aromatic nitrogens is 1. The summed E-state index contributed by atoms with van der Waals surface area (Å²) < 4.78 is 13.0. The molecule has 2 aromatic rings. The van der Waals surface area contributed by atoms with Crippen molar-refractivity contribution in [2.75, 3.05) is 6.54 Å². The fraction of sp³-hybridized carbons (Fsp3) is 0.471. The number of halogens is 1. The van der Waals surface area contributed by atoms with Gasteiger partial charge in [0.2, 0.25) is 0 Å². The molecular weight excluding hydrogens is 299 g/mol. The SMILES string of the molecule is Cc1ncc(CN2CCCC2CC(O)c2ccc(F)cc2)s1. The van der Waals surface area contributed by atoms with Gasteiger partial charge in [-0.1, -0.05) is 12.1 Å². The first kappa shape index (κ1) is 15.6. The second-order valence-electron chi connectivity index (χ2n) is 5.92. The molecule has 0 aliphatic carbocycles. The minimum atomic E-state index is -0.533. The third-order valence-corrected chi connectivity index (χ3v) is 5.17. The van der Waals surface area contributed by atoms with Crippen molar-refractivity contribution in [3.8, 4) is 0 Å². The minimum absolute atomic E-state index is 0.265. The standard InChI is InChI=1S/C17H21FN2OS/c1-12-19-10-16(22-12)11-20-8-2-3-15(20)9-17(21)13-4-6-14(18)7-5-13/h4-7,10,15,17,21H,2-3,8-9,11H2,1H3. The number of hydrogen-bond acceptors (Lipinski definition) is 4. The molecule has 1 aliphatic heterocycles. The number of thiazole rings is 1. The Kier molecular flexibility index (Phi) is 4.86. The lowest BCUT2D eigenvalue weighted by molar-refractivity contribution is 0.118. The van der Waals surface area contributed by atoms with Crippen LogP contribution in [0.15, 0.2) is 30.5 Å². The fourth-order valence-corrected chi connectivity index (χ4v) is 3.95. The van der Waals surface area contributed by atoms with Gasteiger partial charge in [-0.25, -0.2) is 9.37 Å². The van der Waals surface area contributed by atoms with Crippen molar-refractivity contribution in [1.82, 2.24) is 9.88 Å². The van der Waals surface area contributed by atoms with Crippen molar-refractivity contribution in [2.24, 2.45) is 0 Å². The monoisotopic (exact) mass is 320 g/mol. The number of rotatable bonds is 5. The van der Waals surface area contributed by atoms with Gasteiger partial charge in [-0.15, -0.1) is 11.3 Å². The molecule has 3 rings (SSSR count). The van der Waals surface area contributed by atoms with Crippen LogP contribution in [0.3, 0.4) is 0 Å². The van der Waals surface area contributed by atoms with E-state index in [1.165, 1.54) is 23.4 Å². The molecule has 1 saturated heterocycles. The third-order valence-electron chi connectivity index (χ3n) is 4.28. The molecule has 2 atom stereocenters. The van der Waals surface area contributed by atoms with Gasteiger partial charge in [-0.05, 0) is 50.4 Å². The molecule has 0 amide bonds. The molecule has 22 heavy (non-hydrogen) atoms. The number of aliphatic hydroxyl groups excluding tert-OH is 1. The molecule has 1 fully saturated rings. The highest BCUT2D eigenvalue weighted by molar-refractivity contribution is 7.11. The molecule has 1 aliphatic rings. The lowest BCUT2D eigenvalue weighted by atomic mass is 10.0.